The fourth-order valence-corrected chi connectivity index (χ4v) is 5.80. The van der Waals surface area contributed by atoms with Crippen LogP contribution in [0.3, 0.4) is 0 Å². The molecule has 0 saturated heterocycles. The number of para-hydroxylation sites is 2. The second-order valence-corrected chi connectivity index (χ2v) is 11.3. The SMILES string of the molecule is CO[Si](C)(CCCSCCn1c2ccccc2c2ccccc21)OC. The molecule has 0 amide bonds. The van der Waals surface area contributed by atoms with E-state index in [-0.39, 0.29) is 0 Å². The third kappa shape index (κ3) is 4.11. The number of fused-ring (bicyclic) bond motifs is 3. The van der Waals surface area contributed by atoms with Crippen LogP contribution in [-0.4, -0.2) is 38.9 Å². The molecule has 3 rings (SSSR count). The summed E-state index contributed by atoms with van der Waals surface area (Å²) < 4.78 is 13.6. The third-order valence-electron chi connectivity index (χ3n) is 4.92. The van der Waals surface area contributed by atoms with E-state index in [4.69, 9.17) is 8.85 Å². The molecule has 0 unspecified atom stereocenters. The largest absolute Gasteiger partial charge is 0.398 e. The summed E-state index contributed by atoms with van der Waals surface area (Å²) in [6.45, 7) is 3.18. The van der Waals surface area contributed by atoms with Crippen LogP contribution in [0, 0.1) is 0 Å². The van der Waals surface area contributed by atoms with Gasteiger partial charge in [-0.1, -0.05) is 36.4 Å². The third-order valence-corrected chi connectivity index (χ3v) is 8.96. The molecule has 134 valence electrons. The van der Waals surface area contributed by atoms with Crippen molar-refractivity contribution in [3.63, 3.8) is 0 Å². The summed E-state index contributed by atoms with van der Waals surface area (Å²) in [4.78, 5) is 0. The average molecular weight is 374 g/mol. The molecule has 0 saturated carbocycles. The first-order valence-corrected chi connectivity index (χ1v) is 12.5. The Labute approximate surface area is 155 Å². The zero-order valence-electron chi connectivity index (χ0n) is 15.3. The molecule has 0 bridgehead atoms. The Bertz CT molecular complexity index is 776. The van der Waals surface area contributed by atoms with Crippen LogP contribution in [0.4, 0.5) is 0 Å². The zero-order valence-corrected chi connectivity index (χ0v) is 17.1. The van der Waals surface area contributed by atoms with Gasteiger partial charge in [-0.05, 0) is 36.9 Å². The molecule has 3 aromatic rings. The van der Waals surface area contributed by atoms with Crippen LogP contribution in [-0.2, 0) is 15.4 Å². The molecule has 0 aliphatic heterocycles. The van der Waals surface area contributed by atoms with E-state index in [0.717, 1.165) is 30.5 Å². The van der Waals surface area contributed by atoms with Crippen LogP contribution in [0.1, 0.15) is 6.42 Å². The van der Waals surface area contributed by atoms with Crippen molar-refractivity contribution < 1.29 is 8.85 Å². The Morgan fingerprint density at radius 2 is 1.44 bits per heavy atom. The first-order chi connectivity index (χ1) is 12.2. The Morgan fingerprint density at radius 3 is 2.00 bits per heavy atom. The van der Waals surface area contributed by atoms with Crippen molar-refractivity contribution in [1.82, 2.24) is 4.57 Å². The van der Waals surface area contributed by atoms with Crippen LogP contribution in [0.25, 0.3) is 21.8 Å². The second kappa shape index (κ2) is 8.41. The highest BCUT2D eigenvalue weighted by atomic mass is 32.2. The number of aryl methyl sites for hydroxylation is 1. The molecule has 0 radical (unpaired) electrons. The Morgan fingerprint density at radius 1 is 0.880 bits per heavy atom. The molecule has 0 atom stereocenters. The summed E-state index contributed by atoms with van der Waals surface area (Å²) in [5.41, 5.74) is 2.67. The molecule has 1 aromatic heterocycles. The number of hydrogen-bond donors (Lipinski definition) is 0. The number of nitrogens with zero attached hydrogens (tertiary/aromatic N) is 1. The number of thioether (sulfide) groups is 1. The van der Waals surface area contributed by atoms with E-state index in [1.807, 2.05) is 11.8 Å². The summed E-state index contributed by atoms with van der Waals surface area (Å²) in [6, 6.07) is 18.5. The monoisotopic (exact) mass is 373 g/mol. The van der Waals surface area contributed by atoms with Gasteiger partial charge in [0.2, 0.25) is 0 Å². The fourth-order valence-electron chi connectivity index (χ4n) is 3.28. The van der Waals surface area contributed by atoms with Crippen LogP contribution >= 0.6 is 11.8 Å². The van der Waals surface area contributed by atoms with Gasteiger partial charge in [0.05, 0.1) is 0 Å². The van der Waals surface area contributed by atoms with Gasteiger partial charge in [0.25, 0.3) is 0 Å². The van der Waals surface area contributed by atoms with Crippen molar-refractivity contribution in [3.8, 4) is 0 Å². The predicted octanol–water partition coefficient (Wildman–Crippen LogP) is 5.28. The minimum atomic E-state index is -1.90. The lowest BCUT2D eigenvalue weighted by Crippen LogP contribution is -2.35. The molecular formula is C20H27NO2SSi. The number of benzene rings is 2. The molecule has 3 nitrogen and oxygen atoms in total. The maximum absolute atomic E-state index is 5.55. The van der Waals surface area contributed by atoms with E-state index < -0.39 is 8.56 Å². The summed E-state index contributed by atoms with van der Waals surface area (Å²) >= 11 is 2.02. The Hall–Kier alpha value is -1.27. The first-order valence-electron chi connectivity index (χ1n) is 8.82. The Balaban J connectivity index is 1.60. The topological polar surface area (TPSA) is 23.4 Å². The van der Waals surface area contributed by atoms with Gasteiger partial charge in [-0.3, -0.25) is 0 Å². The zero-order chi connectivity index (χ0) is 17.7. The van der Waals surface area contributed by atoms with Gasteiger partial charge in [-0.15, -0.1) is 0 Å². The average Bonchev–Trinajstić information content (AvgIpc) is 2.98. The highest BCUT2D eigenvalue weighted by Crippen LogP contribution is 2.29. The smallest absolute Gasteiger partial charge is 0.334 e. The van der Waals surface area contributed by atoms with Crippen LogP contribution in [0.2, 0.25) is 12.6 Å². The minimum absolute atomic E-state index is 1.04. The standard InChI is InChI=1S/C20H27NO2SSi/c1-22-25(3,23-2)16-8-14-24-15-13-21-19-11-6-4-9-17(19)18-10-5-7-12-20(18)21/h4-7,9-12H,8,13-16H2,1-3H3. The summed E-state index contributed by atoms with van der Waals surface area (Å²) in [7, 11) is 1.64. The van der Waals surface area contributed by atoms with Crippen molar-refractivity contribution >= 4 is 42.1 Å². The molecule has 1 heterocycles. The highest BCUT2D eigenvalue weighted by molar-refractivity contribution is 7.99. The van der Waals surface area contributed by atoms with Gasteiger partial charge in [-0.25, -0.2) is 0 Å². The lowest BCUT2D eigenvalue weighted by atomic mass is 10.2. The normalized spacial score (nSPS) is 12.3. The lowest BCUT2D eigenvalue weighted by Gasteiger charge is -2.22. The van der Waals surface area contributed by atoms with Crippen molar-refractivity contribution in [2.24, 2.45) is 0 Å². The molecule has 0 spiro atoms. The van der Waals surface area contributed by atoms with Gasteiger partial charge in [0.1, 0.15) is 0 Å². The van der Waals surface area contributed by atoms with E-state index in [0.29, 0.717) is 0 Å². The van der Waals surface area contributed by atoms with E-state index in [1.165, 1.54) is 21.8 Å². The van der Waals surface area contributed by atoms with Crippen LogP contribution < -0.4 is 0 Å². The number of hydrogen-bond acceptors (Lipinski definition) is 3. The molecule has 2 aromatic carbocycles. The van der Waals surface area contributed by atoms with E-state index in [1.54, 1.807) is 14.2 Å². The van der Waals surface area contributed by atoms with Gasteiger partial charge in [0, 0.05) is 48.3 Å². The van der Waals surface area contributed by atoms with Crippen molar-refractivity contribution in [2.75, 3.05) is 25.7 Å². The van der Waals surface area contributed by atoms with Gasteiger partial charge in [0.15, 0.2) is 0 Å². The van der Waals surface area contributed by atoms with Crippen molar-refractivity contribution in [1.29, 1.82) is 0 Å². The summed E-state index contributed by atoms with van der Waals surface area (Å²) in [5.74, 6) is 2.29. The van der Waals surface area contributed by atoms with Crippen LogP contribution in [0.15, 0.2) is 48.5 Å². The van der Waals surface area contributed by atoms with E-state index in [2.05, 4.69) is 59.6 Å². The molecule has 0 aliphatic rings. The molecule has 0 N–H and O–H groups in total. The fraction of sp³-hybridized carbons (Fsp3) is 0.400. The van der Waals surface area contributed by atoms with Gasteiger partial charge in [-0.2, -0.15) is 11.8 Å². The molecule has 25 heavy (non-hydrogen) atoms. The van der Waals surface area contributed by atoms with Gasteiger partial charge < -0.3 is 13.4 Å². The van der Waals surface area contributed by atoms with Crippen LogP contribution in [0.5, 0.6) is 0 Å². The minimum Gasteiger partial charge on any atom is -0.398 e. The predicted molar refractivity (Wildman–Crippen MR) is 112 cm³/mol. The number of rotatable bonds is 9. The van der Waals surface area contributed by atoms with Gasteiger partial charge >= 0.3 is 8.56 Å². The van der Waals surface area contributed by atoms with E-state index >= 15 is 0 Å². The molecule has 0 aliphatic carbocycles. The maximum Gasteiger partial charge on any atom is 0.334 e. The second-order valence-electron chi connectivity index (χ2n) is 6.44. The summed E-state index contributed by atoms with van der Waals surface area (Å²) in [5, 5.41) is 2.70. The van der Waals surface area contributed by atoms with Crippen molar-refractivity contribution in [3.05, 3.63) is 48.5 Å². The maximum atomic E-state index is 5.55. The Kier molecular flexibility index (Phi) is 6.23. The highest BCUT2D eigenvalue weighted by Gasteiger charge is 2.27. The lowest BCUT2D eigenvalue weighted by molar-refractivity contribution is 0.249. The quantitative estimate of drug-likeness (QED) is 0.376. The first kappa shape index (κ1) is 18.5. The van der Waals surface area contributed by atoms with E-state index in [9.17, 15) is 0 Å². The molecule has 5 heteroatoms. The number of aromatic nitrogens is 1. The molecular weight excluding hydrogens is 346 g/mol. The molecule has 0 fully saturated rings. The van der Waals surface area contributed by atoms with Crippen molar-refractivity contribution in [2.45, 2.75) is 25.6 Å². The summed E-state index contributed by atoms with van der Waals surface area (Å²) in [6.07, 6.45) is 1.16.